The quantitative estimate of drug-likeness (QED) is 0.337. The summed E-state index contributed by atoms with van der Waals surface area (Å²) >= 11 is 0. The maximum absolute atomic E-state index is 10.9. The molecule has 0 saturated heterocycles. The minimum Gasteiger partial charge on any atom is -0.469 e. The summed E-state index contributed by atoms with van der Waals surface area (Å²) < 4.78 is 4.57. The van der Waals surface area contributed by atoms with Crippen molar-refractivity contribution in [2.24, 2.45) is 0 Å². The monoisotopic (exact) mass is 248 g/mol. The van der Waals surface area contributed by atoms with Gasteiger partial charge in [0, 0.05) is 17.8 Å². The summed E-state index contributed by atoms with van der Waals surface area (Å²) in [5.41, 5.74) is 7.84. The second kappa shape index (κ2) is 7.48. The second-order valence-corrected chi connectivity index (χ2v) is 4.24. The summed E-state index contributed by atoms with van der Waals surface area (Å²) in [6.45, 7) is 0. The van der Waals surface area contributed by atoms with Gasteiger partial charge in [-0.3, -0.25) is 4.79 Å². The largest absolute Gasteiger partial charge is 0.469 e. The number of carbonyl (C=O) groups is 1. The Morgan fingerprint density at radius 3 is 2.39 bits per heavy atom. The SMILES string of the molecule is COC(=O)CCCCCC(=N)c1ccc(N)cc1. The Balaban J connectivity index is 2.21. The van der Waals surface area contributed by atoms with Crippen LogP contribution in [0.2, 0.25) is 0 Å². The van der Waals surface area contributed by atoms with Gasteiger partial charge >= 0.3 is 5.97 Å². The lowest BCUT2D eigenvalue weighted by Gasteiger charge is -2.04. The zero-order valence-electron chi connectivity index (χ0n) is 10.7. The number of rotatable bonds is 7. The van der Waals surface area contributed by atoms with Crippen molar-refractivity contribution >= 4 is 17.4 Å². The molecule has 0 atom stereocenters. The van der Waals surface area contributed by atoms with Crippen molar-refractivity contribution in [3.8, 4) is 0 Å². The second-order valence-electron chi connectivity index (χ2n) is 4.24. The molecule has 0 saturated carbocycles. The third-order valence-corrected chi connectivity index (χ3v) is 2.79. The normalized spacial score (nSPS) is 10.1. The highest BCUT2D eigenvalue weighted by molar-refractivity contribution is 5.98. The molecule has 1 rings (SSSR count). The topological polar surface area (TPSA) is 76.2 Å². The number of hydrogen-bond acceptors (Lipinski definition) is 4. The Morgan fingerprint density at radius 2 is 1.78 bits per heavy atom. The number of nitrogens with two attached hydrogens (primary N) is 1. The molecule has 18 heavy (non-hydrogen) atoms. The van der Waals surface area contributed by atoms with Gasteiger partial charge in [-0.15, -0.1) is 0 Å². The Morgan fingerprint density at radius 1 is 1.17 bits per heavy atom. The van der Waals surface area contributed by atoms with Gasteiger partial charge in [-0.1, -0.05) is 18.6 Å². The third kappa shape index (κ3) is 4.99. The van der Waals surface area contributed by atoms with Crippen LogP contribution in [-0.2, 0) is 9.53 Å². The van der Waals surface area contributed by atoms with Gasteiger partial charge in [-0.25, -0.2) is 0 Å². The zero-order valence-corrected chi connectivity index (χ0v) is 10.7. The van der Waals surface area contributed by atoms with E-state index in [1.807, 2.05) is 12.1 Å². The summed E-state index contributed by atoms with van der Waals surface area (Å²) in [7, 11) is 1.40. The number of esters is 1. The van der Waals surface area contributed by atoms with Crippen LogP contribution in [0.4, 0.5) is 5.69 Å². The van der Waals surface area contributed by atoms with E-state index < -0.39 is 0 Å². The van der Waals surface area contributed by atoms with E-state index in [-0.39, 0.29) is 5.97 Å². The van der Waals surface area contributed by atoms with E-state index >= 15 is 0 Å². The number of methoxy groups -OCH3 is 1. The highest BCUT2D eigenvalue weighted by Crippen LogP contribution is 2.11. The number of ether oxygens (including phenoxy) is 1. The van der Waals surface area contributed by atoms with Gasteiger partial charge < -0.3 is 15.9 Å². The first-order valence-electron chi connectivity index (χ1n) is 6.13. The van der Waals surface area contributed by atoms with E-state index in [4.69, 9.17) is 11.1 Å². The molecule has 4 heteroatoms. The molecule has 0 amide bonds. The molecule has 3 N–H and O–H groups in total. The zero-order chi connectivity index (χ0) is 13.4. The van der Waals surface area contributed by atoms with E-state index in [0.717, 1.165) is 31.2 Å². The van der Waals surface area contributed by atoms with Crippen molar-refractivity contribution in [2.45, 2.75) is 32.1 Å². The fourth-order valence-corrected chi connectivity index (χ4v) is 1.68. The van der Waals surface area contributed by atoms with Crippen LogP contribution in [0, 0.1) is 5.41 Å². The number of hydrogen-bond donors (Lipinski definition) is 2. The fourth-order valence-electron chi connectivity index (χ4n) is 1.68. The lowest BCUT2D eigenvalue weighted by molar-refractivity contribution is -0.140. The number of nitrogens with one attached hydrogen (secondary N) is 1. The van der Waals surface area contributed by atoms with Gasteiger partial charge in [0.15, 0.2) is 0 Å². The molecular formula is C14H20N2O2. The van der Waals surface area contributed by atoms with Crippen molar-refractivity contribution in [3.63, 3.8) is 0 Å². The number of benzene rings is 1. The van der Waals surface area contributed by atoms with Crippen LogP contribution in [0.15, 0.2) is 24.3 Å². The molecule has 0 spiro atoms. The maximum atomic E-state index is 10.9. The molecule has 0 bridgehead atoms. The van der Waals surface area contributed by atoms with Gasteiger partial charge in [0.25, 0.3) is 0 Å². The van der Waals surface area contributed by atoms with E-state index in [9.17, 15) is 4.79 Å². The van der Waals surface area contributed by atoms with Gasteiger partial charge in [0.05, 0.1) is 7.11 Å². The van der Waals surface area contributed by atoms with Crippen LogP contribution >= 0.6 is 0 Å². The summed E-state index contributed by atoms with van der Waals surface area (Å²) in [4.78, 5) is 10.9. The van der Waals surface area contributed by atoms with E-state index in [2.05, 4.69) is 4.74 Å². The average molecular weight is 248 g/mol. The first kappa shape index (κ1) is 14.2. The van der Waals surface area contributed by atoms with Crippen LogP contribution in [0.3, 0.4) is 0 Å². The molecule has 4 nitrogen and oxygen atoms in total. The molecule has 0 unspecified atom stereocenters. The van der Waals surface area contributed by atoms with Crippen LogP contribution < -0.4 is 5.73 Å². The van der Waals surface area contributed by atoms with Crippen LogP contribution in [0.25, 0.3) is 0 Å². The van der Waals surface area contributed by atoms with Gasteiger partial charge in [-0.2, -0.15) is 0 Å². The number of nitrogen functional groups attached to an aromatic ring is 1. The summed E-state index contributed by atoms with van der Waals surface area (Å²) in [5.74, 6) is -0.163. The molecule has 0 aliphatic heterocycles. The molecule has 0 aliphatic carbocycles. The van der Waals surface area contributed by atoms with Crippen molar-refractivity contribution in [3.05, 3.63) is 29.8 Å². The molecule has 0 fully saturated rings. The smallest absolute Gasteiger partial charge is 0.305 e. The fraction of sp³-hybridized carbons (Fsp3) is 0.429. The lowest BCUT2D eigenvalue weighted by Crippen LogP contribution is -2.01. The van der Waals surface area contributed by atoms with Crippen molar-refractivity contribution in [1.29, 1.82) is 5.41 Å². The maximum Gasteiger partial charge on any atom is 0.305 e. The molecule has 0 aliphatic rings. The first-order valence-corrected chi connectivity index (χ1v) is 6.13. The molecule has 1 aromatic rings. The molecule has 98 valence electrons. The van der Waals surface area contributed by atoms with Gasteiger partial charge in [0.1, 0.15) is 0 Å². The Bertz CT molecular complexity index is 399. The van der Waals surface area contributed by atoms with E-state index in [0.29, 0.717) is 17.8 Å². The lowest BCUT2D eigenvalue weighted by atomic mass is 10.0. The van der Waals surface area contributed by atoms with E-state index in [1.54, 1.807) is 12.1 Å². The number of unbranched alkanes of at least 4 members (excludes halogenated alkanes) is 2. The van der Waals surface area contributed by atoms with Gasteiger partial charge in [-0.05, 0) is 37.0 Å². The minimum absolute atomic E-state index is 0.163. The average Bonchev–Trinajstić information content (AvgIpc) is 2.38. The summed E-state index contributed by atoms with van der Waals surface area (Å²) in [6, 6.07) is 7.35. The predicted octanol–water partition coefficient (Wildman–Crippen LogP) is 2.76. The number of carbonyl (C=O) groups excluding carboxylic acids is 1. The van der Waals surface area contributed by atoms with Gasteiger partial charge in [0.2, 0.25) is 0 Å². The van der Waals surface area contributed by atoms with Crippen LogP contribution in [0.5, 0.6) is 0 Å². The number of anilines is 1. The summed E-state index contributed by atoms with van der Waals surface area (Å²) in [5, 5.41) is 7.92. The molecular weight excluding hydrogens is 228 g/mol. The third-order valence-electron chi connectivity index (χ3n) is 2.79. The Kier molecular flexibility index (Phi) is 5.91. The minimum atomic E-state index is -0.163. The predicted molar refractivity (Wildman–Crippen MR) is 72.8 cm³/mol. The van der Waals surface area contributed by atoms with Crippen molar-refractivity contribution in [2.75, 3.05) is 12.8 Å². The highest BCUT2D eigenvalue weighted by Gasteiger charge is 2.03. The van der Waals surface area contributed by atoms with E-state index in [1.165, 1.54) is 7.11 Å². The standard InChI is InChI=1S/C14H20N2O2/c1-18-14(17)6-4-2-3-5-13(16)11-7-9-12(15)10-8-11/h7-10,16H,2-6,15H2,1H3. The van der Waals surface area contributed by atoms with Crippen molar-refractivity contribution in [1.82, 2.24) is 0 Å². The Labute approximate surface area is 108 Å². The van der Waals surface area contributed by atoms with Crippen LogP contribution in [-0.4, -0.2) is 18.8 Å². The molecule has 0 aromatic heterocycles. The molecule has 0 radical (unpaired) electrons. The van der Waals surface area contributed by atoms with Crippen molar-refractivity contribution < 1.29 is 9.53 Å². The molecule has 1 aromatic carbocycles. The summed E-state index contributed by atoms with van der Waals surface area (Å²) in [6.07, 6.45) is 3.87. The molecule has 0 heterocycles. The highest BCUT2D eigenvalue weighted by atomic mass is 16.5. The van der Waals surface area contributed by atoms with Crippen LogP contribution in [0.1, 0.15) is 37.7 Å². The first-order chi connectivity index (χ1) is 8.63. The Hall–Kier alpha value is -1.84.